The third-order valence-electron chi connectivity index (χ3n) is 2.63. The molecule has 23 heavy (non-hydrogen) atoms. The number of benzene rings is 2. The Kier molecular flexibility index (Phi) is 6.90. The lowest BCUT2D eigenvalue weighted by atomic mass is 10.2. The zero-order valence-electron chi connectivity index (χ0n) is 11.6. The average molecular weight is 557 g/mol. The number of halogens is 3. The molecule has 5 nitrogen and oxygen atoms in total. The molecule has 0 bridgehead atoms. The van der Waals surface area contributed by atoms with E-state index in [4.69, 9.17) is 16.3 Å². The Hall–Kier alpha value is -1.07. The van der Waals surface area contributed by atoms with E-state index < -0.39 is 5.91 Å². The predicted octanol–water partition coefficient (Wildman–Crippen LogP) is 3.78. The third-order valence-corrected chi connectivity index (χ3v) is 4.33. The Balaban J connectivity index is 1.88. The van der Waals surface area contributed by atoms with Gasteiger partial charge in [-0.05, 0) is 81.6 Å². The van der Waals surface area contributed by atoms with E-state index in [-0.39, 0.29) is 12.4 Å². The van der Waals surface area contributed by atoms with Gasteiger partial charge in [0.2, 0.25) is 0 Å². The summed E-state index contributed by atoms with van der Waals surface area (Å²) in [5.74, 6) is 0.260. The van der Waals surface area contributed by atoms with E-state index in [9.17, 15) is 9.90 Å². The van der Waals surface area contributed by atoms with Crippen LogP contribution >= 0.6 is 56.8 Å². The van der Waals surface area contributed by atoms with Crippen LogP contribution in [0, 0.1) is 7.14 Å². The third kappa shape index (κ3) is 5.81. The first-order valence-corrected chi connectivity index (χ1v) is 8.87. The summed E-state index contributed by atoms with van der Waals surface area (Å²) in [7, 11) is 0. The fourth-order valence-corrected chi connectivity index (χ4v) is 3.59. The highest BCUT2D eigenvalue weighted by atomic mass is 127. The van der Waals surface area contributed by atoms with E-state index in [1.807, 2.05) is 28.7 Å². The minimum atomic E-state index is -0.406. The molecule has 0 aliphatic carbocycles. The number of ether oxygens (including phenoxy) is 1. The Morgan fingerprint density at radius 1 is 1.30 bits per heavy atom. The molecule has 0 aromatic heterocycles. The number of hydrogen-bond acceptors (Lipinski definition) is 4. The van der Waals surface area contributed by atoms with Gasteiger partial charge in [0.15, 0.2) is 6.61 Å². The first-order valence-electron chi connectivity index (χ1n) is 6.34. The van der Waals surface area contributed by atoms with Crippen molar-refractivity contribution in [1.29, 1.82) is 0 Å². The van der Waals surface area contributed by atoms with Crippen molar-refractivity contribution in [2.45, 2.75) is 0 Å². The Bertz CT molecular complexity index is 736. The van der Waals surface area contributed by atoms with E-state index in [1.165, 1.54) is 6.21 Å². The van der Waals surface area contributed by atoms with Crippen LogP contribution in [0.4, 0.5) is 0 Å². The lowest BCUT2D eigenvalue weighted by molar-refractivity contribution is -0.123. The van der Waals surface area contributed by atoms with E-state index >= 15 is 0 Å². The first-order chi connectivity index (χ1) is 11.0. The summed E-state index contributed by atoms with van der Waals surface area (Å²) in [4.78, 5) is 11.7. The van der Waals surface area contributed by atoms with Crippen molar-refractivity contribution in [2.24, 2.45) is 5.10 Å². The van der Waals surface area contributed by atoms with Gasteiger partial charge in [-0.1, -0.05) is 11.6 Å². The molecule has 8 heteroatoms. The molecular weight excluding hydrogens is 545 g/mol. The highest BCUT2D eigenvalue weighted by molar-refractivity contribution is 14.1. The molecule has 0 atom stereocenters. The van der Waals surface area contributed by atoms with Gasteiger partial charge in [0.1, 0.15) is 11.5 Å². The maximum absolute atomic E-state index is 11.7. The van der Waals surface area contributed by atoms with Crippen LogP contribution in [0.1, 0.15) is 5.56 Å². The van der Waals surface area contributed by atoms with E-state index in [0.717, 1.165) is 3.57 Å². The molecular formula is C15H11ClI2N2O3. The molecule has 2 rings (SSSR count). The monoisotopic (exact) mass is 556 g/mol. The standard InChI is InChI=1S/C15H11ClI2N2O3/c16-10-1-3-12(4-2-10)23-8-14(21)20-19-7-9-5-11(17)6-13(18)15(9)22/h1-7,22H,8H2,(H,20,21). The number of rotatable bonds is 5. The van der Waals surface area contributed by atoms with Crippen molar-refractivity contribution in [3.8, 4) is 11.5 Å². The highest BCUT2D eigenvalue weighted by Crippen LogP contribution is 2.25. The Morgan fingerprint density at radius 3 is 2.70 bits per heavy atom. The van der Waals surface area contributed by atoms with Gasteiger partial charge in [-0.15, -0.1) is 0 Å². The summed E-state index contributed by atoms with van der Waals surface area (Å²) in [5, 5.41) is 14.3. The van der Waals surface area contributed by atoms with Crippen molar-refractivity contribution in [1.82, 2.24) is 5.43 Å². The number of nitrogens with zero attached hydrogens (tertiary/aromatic N) is 1. The second-order valence-electron chi connectivity index (χ2n) is 4.36. The lowest BCUT2D eigenvalue weighted by Crippen LogP contribution is -2.24. The topological polar surface area (TPSA) is 70.9 Å². The quantitative estimate of drug-likeness (QED) is 0.335. The van der Waals surface area contributed by atoms with Crippen molar-refractivity contribution in [3.05, 3.63) is 54.1 Å². The van der Waals surface area contributed by atoms with Crippen molar-refractivity contribution in [2.75, 3.05) is 6.61 Å². The minimum Gasteiger partial charge on any atom is -0.506 e. The molecule has 0 saturated heterocycles. The number of hydrazone groups is 1. The molecule has 0 saturated carbocycles. The molecule has 0 aliphatic heterocycles. The summed E-state index contributed by atoms with van der Waals surface area (Å²) in [6, 6.07) is 10.3. The molecule has 2 aromatic carbocycles. The van der Waals surface area contributed by atoms with Crippen LogP contribution in [0.15, 0.2) is 41.5 Å². The molecule has 0 heterocycles. The Morgan fingerprint density at radius 2 is 2.00 bits per heavy atom. The maximum Gasteiger partial charge on any atom is 0.277 e. The second kappa shape index (κ2) is 8.69. The summed E-state index contributed by atoms with van der Waals surface area (Å²) in [6.07, 6.45) is 1.39. The number of carbonyl (C=O) groups is 1. The van der Waals surface area contributed by atoms with Crippen LogP contribution in [0.2, 0.25) is 5.02 Å². The molecule has 0 spiro atoms. The molecule has 0 unspecified atom stereocenters. The summed E-state index contributed by atoms with van der Waals surface area (Å²) in [6.45, 7) is -0.172. The smallest absolute Gasteiger partial charge is 0.277 e. The van der Waals surface area contributed by atoms with Gasteiger partial charge in [-0.3, -0.25) is 4.79 Å². The molecule has 0 aliphatic rings. The first kappa shape index (κ1) is 18.3. The maximum atomic E-state index is 11.7. The predicted molar refractivity (Wildman–Crippen MR) is 106 cm³/mol. The molecule has 0 fully saturated rings. The number of nitrogens with one attached hydrogen (secondary N) is 1. The molecule has 120 valence electrons. The van der Waals surface area contributed by atoms with Crippen molar-refractivity contribution < 1.29 is 14.6 Å². The number of aromatic hydroxyl groups is 1. The van der Waals surface area contributed by atoms with Crippen LogP contribution in [0.25, 0.3) is 0 Å². The van der Waals surface area contributed by atoms with Crippen molar-refractivity contribution in [3.63, 3.8) is 0 Å². The molecule has 0 radical (unpaired) electrons. The fraction of sp³-hybridized carbons (Fsp3) is 0.0667. The Labute approximate surface area is 165 Å². The fourth-order valence-electron chi connectivity index (χ4n) is 1.57. The van der Waals surface area contributed by atoms with E-state index in [0.29, 0.717) is 19.9 Å². The number of amides is 1. The number of phenols is 1. The SMILES string of the molecule is O=C(COc1ccc(Cl)cc1)NN=Cc1cc(I)cc(I)c1O. The van der Waals surface area contributed by atoms with E-state index in [1.54, 1.807) is 30.3 Å². The average Bonchev–Trinajstić information content (AvgIpc) is 2.51. The van der Waals surface area contributed by atoms with Gasteiger partial charge in [0, 0.05) is 14.2 Å². The van der Waals surface area contributed by atoms with Gasteiger partial charge >= 0.3 is 0 Å². The highest BCUT2D eigenvalue weighted by Gasteiger charge is 2.06. The van der Waals surface area contributed by atoms with Gasteiger partial charge in [0.05, 0.1) is 9.78 Å². The zero-order chi connectivity index (χ0) is 16.8. The second-order valence-corrected chi connectivity index (χ2v) is 7.21. The molecule has 2 aromatic rings. The van der Waals surface area contributed by atoms with E-state index in [2.05, 4.69) is 33.1 Å². The number of hydrogen-bond donors (Lipinski definition) is 2. The zero-order valence-corrected chi connectivity index (χ0v) is 16.7. The largest absolute Gasteiger partial charge is 0.506 e. The van der Waals surface area contributed by atoms with Crippen LogP contribution in [-0.4, -0.2) is 23.8 Å². The van der Waals surface area contributed by atoms with Gasteiger partial charge in [0.25, 0.3) is 5.91 Å². The summed E-state index contributed by atoms with van der Waals surface area (Å²) in [5.41, 5.74) is 2.87. The molecule has 2 N–H and O–H groups in total. The van der Waals surface area contributed by atoms with Gasteiger partial charge in [-0.25, -0.2) is 5.43 Å². The number of carbonyl (C=O) groups excluding carboxylic acids is 1. The minimum absolute atomic E-state index is 0.126. The lowest BCUT2D eigenvalue weighted by Gasteiger charge is -2.05. The van der Waals surface area contributed by atoms with Gasteiger partial charge in [-0.2, -0.15) is 5.10 Å². The van der Waals surface area contributed by atoms with Crippen LogP contribution < -0.4 is 10.2 Å². The molecule has 1 amide bonds. The van der Waals surface area contributed by atoms with Crippen LogP contribution in [0.3, 0.4) is 0 Å². The summed E-state index contributed by atoms with van der Waals surface area (Å²) >= 11 is 9.93. The van der Waals surface area contributed by atoms with Crippen molar-refractivity contribution >= 4 is 68.9 Å². The number of phenolic OH excluding ortho intramolecular Hbond substituents is 1. The van der Waals surface area contributed by atoms with Gasteiger partial charge < -0.3 is 9.84 Å². The van der Waals surface area contributed by atoms with Crippen LogP contribution in [-0.2, 0) is 4.79 Å². The normalized spacial score (nSPS) is 10.7. The van der Waals surface area contributed by atoms with Crippen LogP contribution in [0.5, 0.6) is 11.5 Å². The summed E-state index contributed by atoms with van der Waals surface area (Å²) < 4.78 is 6.97.